The molecule has 4 heteroatoms. The zero-order chi connectivity index (χ0) is 43.3. The first kappa shape index (κ1) is 38.4. The van der Waals surface area contributed by atoms with Gasteiger partial charge in [0, 0.05) is 31.6 Å². The molecule has 12 rings (SSSR count). The highest BCUT2D eigenvalue weighted by Gasteiger charge is 2.51. The Morgan fingerprint density at radius 1 is 0.609 bits per heavy atom. The predicted octanol–water partition coefficient (Wildman–Crippen LogP) is 14.9. The Labute approximate surface area is 378 Å². The van der Waals surface area contributed by atoms with Crippen LogP contribution in [0.5, 0.6) is 0 Å². The molecule has 0 bridgehead atoms. The summed E-state index contributed by atoms with van der Waals surface area (Å²) in [7, 11) is 0. The van der Waals surface area contributed by atoms with Gasteiger partial charge in [0.1, 0.15) is 0 Å². The normalized spacial score (nSPS) is 16.0. The van der Waals surface area contributed by atoms with Crippen LogP contribution in [0.3, 0.4) is 0 Å². The highest BCUT2D eigenvalue weighted by atomic mass is 32.2. The minimum atomic E-state index is -0.523. The van der Waals surface area contributed by atoms with Crippen LogP contribution in [0.25, 0.3) is 55.8 Å². The van der Waals surface area contributed by atoms with Gasteiger partial charge in [0.25, 0.3) is 0 Å². The van der Waals surface area contributed by atoms with E-state index in [0.717, 1.165) is 37.8 Å². The van der Waals surface area contributed by atoms with Crippen molar-refractivity contribution in [2.75, 3.05) is 0 Å². The van der Waals surface area contributed by atoms with Crippen LogP contribution < -0.4 is 0 Å². The lowest BCUT2D eigenvalue weighted by Crippen LogP contribution is -2.33. The number of nitrogens with zero attached hydrogens (tertiary/aromatic N) is 3. The third kappa shape index (κ3) is 5.36. The monoisotopic (exact) mass is 839 g/mol. The van der Waals surface area contributed by atoms with Crippen LogP contribution in [0, 0.1) is 0 Å². The number of aliphatic imine (C=N–C) groups is 2. The summed E-state index contributed by atoms with van der Waals surface area (Å²) < 4.78 is 2.50. The second-order valence-electron chi connectivity index (χ2n) is 17.8. The zero-order valence-electron chi connectivity index (χ0n) is 36.0. The van der Waals surface area contributed by atoms with E-state index in [9.17, 15) is 0 Å². The van der Waals surface area contributed by atoms with E-state index in [1.807, 2.05) is 6.08 Å². The Bertz CT molecular complexity index is 3530. The molecule has 1 aromatic heterocycles. The molecular formula is C60H45N3S. The van der Waals surface area contributed by atoms with Crippen LogP contribution in [0.1, 0.15) is 69.5 Å². The highest BCUT2D eigenvalue weighted by Crippen LogP contribution is 2.61. The lowest BCUT2D eigenvalue weighted by molar-refractivity contribution is 0.660. The fourth-order valence-electron chi connectivity index (χ4n) is 11.3. The topological polar surface area (TPSA) is 29.6 Å². The Balaban J connectivity index is 1.03. The molecule has 1 atom stereocenters. The van der Waals surface area contributed by atoms with E-state index in [4.69, 9.17) is 11.6 Å². The molecule has 9 aromatic rings. The van der Waals surface area contributed by atoms with Crippen molar-refractivity contribution in [1.82, 2.24) is 4.57 Å². The Morgan fingerprint density at radius 3 is 2.17 bits per heavy atom. The number of fused-ring (bicyclic) bond motifs is 15. The lowest BCUT2D eigenvalue weighted by Gasteiger charge is -2.39. The number of allylic oxidation sites excluding steroid dienone is 1. The number of rotatable bonds is 9. The molecule has 0 saturated heterocycles. The van der Waals surface area contributed by atoms with Crippen LogP contribution in [-0.2, 0) is 23.9 Å². The molecule has 0 saturated carbocycles. The van der Waals surface area contributed by atoms with Crippen molar-refractivity contribution in [3.8, 4) is 27.9 Å². The number of hydrogen-bond acceptors (Lipinski definition) is 3. The maximum atomic E-state index is 5.54. The summed E-state index contributed by atoms with van der Waals surface area (Å²) in [6, 6.07) is 62.8. The van der Waals surface area contributed by atoms with Crippen molar-refractivity contribution in [3.05, 3.63) is 244 Å². The van der Waals surface area contributed by atoms with Crippen LogP contribution in [-0.4, -0.2) is 17.0 Å². The van der Waals surface area contributed by atoms with Gasteiger partial charge in [0.2, 0.25) is 0 Å². The third-order valence-electron chi connectivity index (χ3n) is 14.1. The average Bonchev–Trinajstić information content (AvgIpc) is 3.90. The summed E-state index contributed by atoms with van der Waals surface area (Å²) >= 11 is 1.66. The maximum absolute atomic E-state index is 5.54. The van der Waals surface area contributed by atoms with E-state index in [1.165, 1.54) is 83.1 Å². The van der Waals surface area contributed by atoms with Crippen LogP contribution >= 0.6 is 11.8 Å². The van der Waals surface area contributed by atoms with Gasteiger partial charge in [0.05, 0.1) is 40.9 Å². The number of aromatic nitrogens is 1. The minimum absolute atomic E-state index is 0.145. The summed E-state index contributed by atoms with van der Waals surface area (Å²) in [6.07, 6.45) is 1.96. The minimum Gasteiger partial charge on any atom is -0.309 e. The molecule has 1 aliphatic heterocycles. The lowest BCUT2D eigenvalue weighted by atomic mass is 9.65. The van der Waals surface area contributed by atoms with E-state index < -0.39 is 5.41 Å². The quantitative estimate of drug-likeness (QED) is 0.105. The highest BCUT2D eigenvalue weighted by molar-refractivity contribution is 8.04. The van der Waals surface area contributed by atoms with E-state index in [2.05, 4.69) is 207 Å². The van der Waals surface area contributed by atoms with Gasteiger partial charge in [-0.3, -0.25) is 9.98 Å². The van der Waals surface area contributed by atoms with Crippen LogP contribution in [0.2, 0.25) is 0 Å². The van der Waals surface area contributed by atoms with E-state index in [0.29, 0.717) is 13.1 Å². The number of hydrogen-bond donors (Lipinski definition) is 0. The zero-order valence-corrected chi connectivity index (χ0v) is 36.8. The molecule has 0 fully saturated rings. The van der Waals surface area contributed by atoms with Crippen molar-refractivity contribution in [1.29, 1.82) is 0 Å². The molecule has 2 heterocycles. The SMILES string of the molecule is C=Cc1ccc2c(c1)-c1cc(CN=C(C(=C)Sc3ccccc3CN=C)c3ccc4c(c3)C(C)(C)c3ccccc3-4)ccc1C21c2ccccc2-n2c3ccccc3c3cccc1c32. The van der Waals surface area contributed by atoms with E-state index >= 15 is 0 Å². The van der Waals surface area contributed by atoms with Gasteiger partial charge in [-0.15, -0.1) is 0 Å². The summed E-state index contributed by atoms with van der Waals surface area (Å²) in [4.78, 5) is 11.8. The van der Waals surface area contributed by atoms with Crippen LogP contribution in [0.4, 0.5) is 0 Å². The van der Waals surface area contributed by atoms with Gasteiger partial charge in [0.15, 0.2) is 0 Å². The molecule has 306 valence electrons. The van der Waals surface area contributed by atoms with Gasteiger partial charge >= 0.3 is 0 Å². The smallest absolute Gasteiger partial charge is 0.0784 e. The second kappa shape index (κ2) is 14.4. The fourth-order valence-corrected chi connectivity index (χ4v) is 12.3. The molecule has 64 heavy (non-hydrogen) atoms. The first-order chi connectivity index (χ1) is 31.3. The molecular weight excluding hydrogens is 795 g/mol. The summed E-state index contributed by atoms with van der Waals surface area (Å²) in [6.45, 7) is 18.4. The molecule has 1 spiro atoms. The van der Waals surface area contributed by atoms with Crippen molar-refractivity contribution in [2.45, 2.75) is 42.7 Å². The summed E-state index contributed by atoms with van der Waals surface area (Å²) in [5.74, 6) is 0. The fraction of sp³-hybridized carbons (Fsp3) is 0.100. The number of thioether (sulfide) groups is 1. The van der Waals surface area contributed by atoms with Gasteiger partial charge in [-0.25, -0.2) is 0 Å². The summed E-state index contributed by atoms with van der Waals surface area (Å²) in [5, 5.41) is 2.55. The summed E-state index contributed by atoms with van der Waals surface area (Å²) in [5.41, 5.74) is 21.3. The molecule has 0 radical (unpaired) electrons. The van der Waals surface area contributed by atoms with Crippen LogP contribution in [0.15, 0.2) is 203 Å². The second-order valence-corrected chi connectivity index (χ2v) is 19.0. The van der Waals surface area contributed by atoms with E-state index in [1.54, 1.807) is 11.8 Å². The molecule has 0 N–H and O–H groups in total. The molecule has 2 aliphatic carbocycles. The molecule has 0 amide bonds. The van der Waals surface area contributed by atoms with Gasteiger partial charge in [-0.05, 0) is 115 Å². The number of para-hydroxylation sites is 3. The van der Waals surface area contributed by atoms with Crippen molar-refractivity contribution >= 4 is 52.1 Å². The van der Waals surface area contributed by atoms with E-state index in [-0.39, 0.29) is 5.41 Å². The standard InChI is InChI=1S/C60H45N3S/c1-6-38-26-30-49-46(32-38)47-33-39(27-31-50(47)60(49)51-21-11-13-24-55(51)63-54-23-12-9-18-44(54)45-19-15-22-52(60)58(45)63)35-62-57(37(2)64-56-25-14-7-16-41(56)36-61-5)40-28-29-43-42-17-8-10-20-48(42)59(3,4)53(43)34-40/h6-34H,1-2,5,35-36H2,3-4H3. The molecule has 1 unspecified atom stereocenters. The van der Waals surface area contributed by atoms with Gasteiger partial charge in [-0.2, -0.15) is 0 Å². The molecule has 3 aliphatic rings. The molecule has 3 nitrogen and oxygen atoms in total. The molecule has 8 aromatic carbocycles. The van der Waals surface area contributed by atoms with Gasteiger partial charge in [-0.1, -0.05) is 178 Å². The Hall–Kier alpha value is -7.27. The largest absolute Gasteiger partial charge is 0.309 e. The van der Waals surface area contributed by atoms with Crippen molar-refractivity contribution in [3.63, 3.8) is 0 Å². The Morgan fingerprint density at radius 2 is 1.31 bits per heavy atom. The third-order valence-corrected chi connectivity index (χ3v) is 15.2. The van der Waals surface area contributed by atoms with Gasteiger partial charge < -0.3 is 4.57 Å². The predicted molar refractivity (Wildman–Crippen MR) is 271 cm³/mol. The van der Waals surface area contributed by atoms with Crippen molar-refractivity contribution < 1.29 is 0 Å². The average molecular weight is 840 g/mol. The first-order valence-electron chi connectivity index (χ1n) is 22.0. The number of benzene rings is 8. The first-order valence-corrected chi connectivity index (χ1v) is 22.8. The van der Waals surface area contributed by atoms with Crippen molar-refractivity contribution in [2.24, 2.45) is 9.98 Å². The maximum Gasteiger partial charge on any atom is 0.0784 e. The Kier molecular flexibility index (Phi) is 8.63.